The standard InChI is InChI=1S/C21H20FN3O2S/c1-14-15(2)25(13-17-4-3-10-27-17)21(19(14)12-23)24-20(26)9-11-28-18-7-5-16(22)6-8-18/h3-8,10H,9,11,13H2,1-2H3,(H,24,26). The molecule has 3 aromatic rings. The molecule has 0 aliphatic carbocycles. The topological polar surface area (TPSA) is 71.0 Å². The monoisotopic (exact) mass is 397 g/mol. The summed E-state index contributed by atoms with van der Waals surface area (Å²) in [4.78, 5) is 13.4. The summed E-state index contributed by atoms with van der Waals surface area (Å²) in [6, 6.07) is 12.0. The van der Waals surface area contributed by atoms with Crippen LogP contribution in [-0.2, 0) is 11.3 Å². The largest absolute Gasteiger partial charge is 0.467 e. The Kier molecular flexibility index (Phi) is 6.22. The molecule has 1 N–H and O–H groups in total. The minimum atomic E-state index is -0.283. The minimum Gasteiger partial charge on any atom is -0.467 e. The van der Waals surface area contributed by atoms with Crippen molar-refractivity contribution in [1.29, 1.82) is 5.26 Å². The summed E-state index contributed by atoms with van der Waals surface area (Å²) in [7, 11) is 0. The average molecular weight is 397 g/mol. The van der Waals surface area contributed by atoms with Gasteiger partial charge in [0.25, 0.3) is 0 Å². The van der Waals surface area contributed by atoms with Gasteiger partial charge in [0.15, 0.2) is 0 Å². The molecule has 144 valence electrons. The smallest absolute Gasteiger partial charge is 0.226 e. The highest BCUT2D eigenvalue weighted by Crippen LogP contribution is 2.28. The van der Waals surface area contributed by atoms with Crippen LogP contribution in [0, 0.1) is 31.0 Å². The molecule has 1 amide bonds. The van der Waals surface area contributed by atoms with Gasteiger partial charge in [0.1, 0.15) is 23.5 Å². The predicted octanol–water partition coefficient (Wildman–Crippen LogP) is 4.88. The average Bonchev–Trinajstić information content (AvgIpc) is 3.26. The molecule has 0 bridgehead atoms. The number of nitrogens with zero attached hydrogens (tertiary/aromatic N) is 2. The third kappa shape index (κ3) is 4.46. The highest BCUT2D eigenvalue weighted by atomic mass is 32.2. The first-order valence-electron chi connectivity index (χ1n) is 8.80. The maximum Gasteiger partial charge on any atom is 0.226 e. The number of anilines is 1. The lowest BCUT2D eigenvalue weighted by atomic mass is 10.2. The van der Waals surface area contributed by atoms with E-state index in [1.54, 1.807) is 24.5 Å². The Morgan fingerprint density at radius 2 is 2.04 bits per heavy atom. The summed E-state index contributed by atoms with van der Waals surface area (Å²) in [5.41, 5.74) is 2.21. The number of furan rings is 1. The van der Waals surface area contributed by atoms with Crippen molar-refractivity contribution in [2.75, 3.05) is 11.1 Å². The van der Waals surface area contributed by atoms with E-state index >= 15 is 0 Å². The van der Waals surface area contributed by atoms with Gasteiger partial charge in [-0.15, -0.1) is 11.8 Å². The first-order chi connectivity index (χ1) is 13.5. The zero-order chi connectivity index (χ0) is 20.1. The van der Waals surface area contributed by atoms with Gasteiger partial charge in [-0.1, -0.05) is 0 Å². The van der Waals surface area contributed by atoms with E-state index < -0.39 is 0 Å². The number of nitrogens with one attached hydrogen (secondary N) is 1. The van der Waals surface area contributed by atoms with Gasteiger partial charge in [0, 0.05) is 22.8 Å². The molecule has 2 heterocycles. The van der Waals surface area contributed by atoms with Gasteiger partial charge in [0.2, 0.25) is 5.91 Å². The lowest BCUT2D eigenvalue weighted by Crippen LogP contribution is -2.17. The van der Waals surface area contributed by atoms with Gasteiger partial charge in [-0.3, -0.25) is 4.79 Å². The zero-order valence-electron chi connectivity index (χ0n) is 15.7. The number of amides is 1. The Labute approximate surface area is 167 Å². The number of halogens is 1. The van der Waals surface area contributed by atoms with Gasteiger partial charge in [-0.25, -0.2) is 4.39 Å². The molecule has 5 nitrogen and oxygen atoms in total. The first kappa shape index (κ1) is 19.8. The number of aromatic nitrogens is 1. The van der Waals surface area contributed by atoms with Gasteiger partial charge in [-0.2, -0.15) is 5.26 Å². The summed E-state index contributed by atoms with van der Waals surface area (Å²) >= 11 is 1.48. The predicted molar refractivity (Wildman–Crippen MR) is 107 cm³/mol. The maximum absolute atomic E-state index is 12.9. The zero-order valence-corrected chi connectivity index (χ0v) is 16.5. The number of rotatable bonds is 7. The molecule has 0 aliphatic rings. The molecule has 2 aromatic heterocycles. The lowest BCUT2D eigenvalue weighted by Gasteiger charge is -2.12. The lowest BCUT2D eigenvalue weighted by molar-refractivity contribution is -0.115. The van der Waals surface area contributed by atoms with Gasteiger partial charge < -0.3 is 14.3 Å². The number of hydrogen-bond acceptors (Lipinski definition) is 4. The van der Waals surface area contributed by atoms with E-state index in [2.05, 4.69) is 11.4 Å². The fourth-order valence-corrected chi connectivity index (χ4v) is 3.73. The van der Waals surface area contributed by atoms with E-state index in [4.69, 9.17) is 4.42 Å². The SMILES string of the molecule is Cc1c(C#N)c(NC(=O)CCSc2ccc(F)cc2)n(Cc2ccco2)c1C. The number of thioether (sulfide) groups is 1. The molecule has 1 aromatic carbocycles. The van der Waals surface area contributed by atoms with E-state index in [1.165, 1.54) is 23.9 Å². The fourth-order valence-electron chi connectivity index (χ4n) is 2.87. The molecule has 28 heavy (non-hydrogen) atoms. The van der Waals surface area contributed by atoms with Crippen LogP contribution < -0.4 is 5.32 Å². The van der Waals surface area contributed by atoms with E-state index in [0.29, 0.717) is 23.7 Å². The van der Waals surface area contributed by atoms with E-state index in [-0.39, 0.29) is 18.1 Å². The molecule has 0 aliphatic heterocycles. The number of carbonyl (C=O) groups excluding carboxylic acids is 1. The summed E-state index contributed by atoms with van der Waals surface area (Å²) in [5, 5.41) is 12.4. The Morgan fingerprint density at radius 1 is 1.29 bits per heavy atom. The number of carbonyl (C=O) groups is 1. The summed E-state index contributed by atoms with van der Waals surface area (Å²) in [6.45, 7) is 4.22. The summed E-state index contributed by atoms with van der Waals surface area (Å²) < 4.78 is 20.2. The highest BCUT2D eigenvalue weighted by molar-refractivity contribution is 7.99. The Hall–Kier alpha value is -2.98. The number of benzene rings is 1. The molecule has 0 fully saturated rings. The van der Waals surface area contributed by atoms with Crippen molar-refractivity contribution in [1.82, 2.24) is 4.57 Å². The third-order valence-corrected chi connectivity index (χ3v) is 5.52. The quantitative estimate of drug-likeness (QED) is 0.577. The van der Waals surface area contributed by atoms with Crippen molar-refractivity contribution < 1.29 is 13.6 Å². The molecule has 0 saturated heterocycles. The first-order valence-corrected chi connectivity index (χ1v) is 9.78. The maximum atomic E-state index is 12.9. The van der Waals surface area contributed by atoms with Crippen LogP contribution in [0.5, 0.6) is 0 Å². The van der Waals surface area contributed by atoms with Crippen molar-refractivity contribution >= 4 is 23.5 Å². The number of nitriles is 1. The van der Waals surface area contributed by atoms with Crippen molar-refractivity contribution in [2.45, 2.75) is 31.7 Å². The second kappa shape index (κ2) is 8.81. The van der Waals surface area contributed by atoms with Crippen LogP contribution in [0.2, 0.25) is 0 Å². The molecule has 0 unspecified atom stereocenters. The Balaban J connectivity index is 1.69. The van der Waals surface area contributed by atoms with E-state index in [1.807, 2.05) is 24.5 Å². The van der Waals surface area contributed by atoms with Crippen LogP contribution in [0.3, 0.4) is 0 Å². The normalized spacial score (nSPS) is 10.6. The van der Waals surface area contributed by atoms with Crippen LogP contribution in [0.4, 0.5) is 10.2 Å². The van der Waals surface area contributed by atoms with Crippen molar-refractivity contribution in [2.24, 2.45) is 0 Å². The fraction of sp³-hybridized carbons (Fsp3) is 0.238. The van der Waals surface area contributed by atoms with E-state index in [0.717, 1.165) is 21.9 Å². The molecular weight excluding hydrogens is 377 g/mol. The minimum absolute atomic E-state index is 0.177. The second-order valence-electron chi connectivity index (χ2n) is 6.31. The van der Waals surface area contributed by atoms with E-state index in [9.17, 15) is 14.4 Å². The van der Waals surface area contributed by atoms with Crippen LogP contribution in [0.15, 0.2) is 52.0 Å². The van der Waals surface area contributed by atoms with Crippen LogP contribution in [-0.4, -0.2) is 16.2 Å². The van der Waals surface area contributed by atoms with Crippen molar-refractivity contribution in [3.05, 3.63) is 71.1 Å². The Morgan fingerprint density at radius 3 is 2.68 bits per heavy atom. The molecule has 0 atom stereocenters. The summed E-state index contributed by atoms with van der Waals surface area (Å²) in [5.74, 6) is 1.32. The van der Waals surface area contributed by atoms with Crippen molar-refractivity contribution in [3.63, 3.8) is 0 Å². The van der Waals surface area contributed by atoms with Gasteiger partial charge >= 0.3 is 0 Å². The molecule has 0 saturated carbocycles. The molecule has 3 rings (SSSR count). The van der Waals surface area contributed by atoms with Crippen molar-refractivity contribution in [3.8, 4) is 6.07 Å². The second-order valence-corrected chi connectivity index (χ2v) is 7.48. The molecule has 7 heteroatoms. The summed E-state index contributed by atoms with van der Waals surface area (Å²) in [6.07, 6.45) is 1.87. The van der Waals surface area contributed by atoms with Crippen LogP contribution >= 0.6 is 11.8 Å². The molecule has 0 radical (unpaired) electrons. The molecular formula is C21H20FN3O2S. The van der Waals surface area contributed by atoms with Gasteiger partial charge in [0.05, 0.1) is 18.4 Å². The number of hydrogen-bond donors (Lipinski definition) is 1. The van der Waals surface area contributed by atoms with Crippen LogP contribution in [0.1, 0.15) is 29.0 Å². The Bertz CT molecular complexity index is 1000. The van der Waals surface area contributed by atoms with Crippen LogP contribution in [0.25, 0.3) is 0 Å². The highest BCUT2D eigenvalue weighted by Gasteiger charge is 2.20. The van der Waals surface area contributed by atoms with Gasteiger partial charge in [-0.05, 0) is 55.8 Å². The third-order valence-electron chi connectivity index (χ3n) is 4.50. The molecule has 0 spiro atoms.